The van der Waals surface area contributed by atoms with Crippen molar-refractivity contribution in [2.24, 2.45) is 5.92 Å². The first-order valence-electron chi connectivity index (χ1n) is 4.77. The summed E-state index contributed by atoms with van der Waals surface area (Å²) in [5.41, 5.74) is 0. The zero-order valence-electron chi connectivity index (χ0n) is 8.96. The number of hydrogen-bond acceptors (Lipinski definition) is 2. The van der Waals surface area contributed by atoms with Crippen molar-refractivity contribution in [2.45, 2.75) is 44.8 Å². The van der Waals surface area contributed by atoms with E-state index in [-0.39, 0.29) is 15.8 Å². The standard InChI is InChI=1S/C10H20OS2/c1-5-8(9(11)12)7-10(3,6-2)13-4/h8H,5-7H2,1-4H3,(H,11,12). The van der Waals surface area contributed by atoms with Crippen LogP contribution >= 0.6 is 24.4 Å². The summed E-state index contributed by atoms with van der Waals surface area (Å²) < 4.78 is 0.235. The molecule has 78 valence electrons. The molecule has 0 bridgehead atoms. The Morgan fingerprint density at radius 1 is 1.54 bits per heavy atom. The van der Waals surface area contributed by atoms with Gasteiger partial charge in [-0.05, 0) is 25.5 Å². The molecule has 2 atom stereocenters. The van der Waals surface area contributed by atoms with Gasteiger partial charge in [-0.2, -0.15) is 11.8 Å². The quantitative estimate of drug-likeness (QED) is 0.691. The zero-order valence-corrected chi connectivity index (χ0v) is 10.7. The van der Waals surface area contributed by atoms with Crippen molar-refractivity contribution in [2.75, 3.05) is 6.26 Å². The average Bonchev–Trinajstić information content (AvgIpc) is 2.13. The van der Waals surface area contributed by atoms with E-state index in [0.717, 1.165) is 19.3 Å². The van der Waals surface area contributed by atoms with Crippen LogP contribution in [0.3, 0.4) is 0 Å². The Balaban J connectivity index is 4.27. The van der Waals surface area contributed by atoms with E-state index in [0.29, 0.717) is 0 Å². The maximum Gasteiger partial charge on any atom is 0.189 e. The predicted molar refractivity (Wildman–Crippen MR) is 64.6 cm³/mol. The lowest BCUT2D eigenvalue weighted by Crippen LogP contribution is -2.25. The zero-order chi connectivity index (χ0) is 10.5. The highest BCUT2D eigenvalue weighted by molar-refractivity contribution is 8.00. The molecule has 1 nitrogen and oxygen atoms in total. The molecular weight excluding hydrogens is 200 g/mol. The first-order chi connectivity index (χ1) is 5.99. The predicted octanol–water partition coefficient (Wildman–Crippen LogP) is 3.39. The second-order valence-corrected chi connectivity index (χ2v) is 5.49. The number of carbonyl (C=O) groups is 1. The van der Waals surface area contributed by atoms with Gasteiger partial charge in [0, 0.05) is 10.7 Å². The lowest BCUT2D eigenvalue weighted by Gasteiger charge is -2.29. The minimum atomic E-state index is 0.0382. The number of rotatable bonds is 6. The summed E-state index contributed by atoms with van der Waals surface area (Å²) in [6.07, 6.45) is 5.06. The molecule has 0 rings (SSSR count). The third-order valence-electron chi connectivity index (χ3n) is 2.76. The molecule has 0 aliphatic heterocycles. The van der Waals surface area contributed by atoms with Crippen LogP contribution in [0.2, 0.25) is 0 Å². The van der Waals surface area contributed by atoms with Crippen molar-refractivity contribution in [1.82, 2.24) is 0 Å². The van der Waals surface area contributed by atoms with Crippen LogP contribution in [0.25, 0.3) is 0 Å². The average molecular weight is 220 g/mol. The SMILES string of the molecule is CCC(CC(C)(CC)SC)C(=O)S. The van der Waals surface area contributed by atoms with Crippen molar-refractivity contribution in [3.05, 3.63) is 0 Å². The second-order valence-electron chi connectivity index (χ2n) is 3.66. The summed E-state index contributed by atoms with van der Waals surface area (Å²) in [6.45, 7) is 6.44. The van der Waals surface area contributed by atoms with Gasteiger partial charge in [0.2, 0.25) is 0 Å². The van der Waals surface area contributed by atoms with Crippen LogP contribution in [0.1, 0.15) is 40.0 Å². The van der Waals surface area contributed by atoms with Crippen LogP contribution in [-0.2, 0) is 4.79 Å². The molecule has 13 heavy (non-hydrogen) atoms. The molecule has 2 unspecified atom stereocenters. The Kier molecular flexibility index (Phi) is 6.14. The third kappa shape index (κ3) is 4.41. The Morgan fingerprint density at radius 2 is 2.08 bits per heavy atom. The lowest BCUT2D eigenvalue weighted by atomic mass is 9.92. The molecule has 0 aliphatic rings. The van der Waals surface area contributed by atoms with Crippen molar-refractivity contribution in [3.8, 4) is 0 Å². The molecule has 0 amide bonds. The van der Waals surface area contributed by atoms with Gasteiger partial charge < -0.3 is 0 Å². The molecule has 0 fully saturated rings. The maximum absolute atomic E-state index is 11.1. The fourth-order valence-electron chi connectivity index (χ4n) is 1.30. The van der Waals surface area contributed by atoms with Gasteiger partial charge in [0.25, 0.3) is 0 Å². The number of thiol groups is 1. The molecule has 0 aromatic rings. The van der Waals surface area contributed by atoms with E-state index in [9.17, 15) is 4.79 Å². The summed E-state index contributed by atoms with van der Waals surface area (Å²) in [5, 5.41) is 0.0382. The largest absolute Gasteiger partial charge is 0.287 e. The second kappa shape index (κ2) is 5.97. The van der Waals surface area contributed by atoms with Gasteiger partial charge in [-0.1, -0.05) is 20.8 Å². The molecule has 0 aliphatic carbocycles. The summed E-state index contributed by atoms with van der Waals surface area (Å²) >= 11 is 5.76. The molecule has 0 radical (unpaired) electrons. The van der Waals surface area contributed by atoms with Crippen LogP contribution in [0.15, 0.2) is 0 Å². The molecule has 0 aromatic carbocycles. The van der Waals surface area contributed by atoms with E-state index < -0.39 is 0 Å². The maximum atomic E-state index is 11.1. The monoisotopic (exact) mass is 220 g/mol. The Hall–Kier alpha value is 0.370. The van der Waals surface area contributed by atoms with Crippen molar-refractivity contribution < 1.29 is 4.79 Å². The molecule has 0 saturated carbocycles. The van der Waals surface area contributed by atoms with Crippen LogP contribution in [0.4, 0.5) is 0 Å². The minimum absolute atomic E-state index is 0.0382. The van der Waals surface area contributed by atoms with Gasteiger partial charge in [0.05, 0.1) is 0 Å². The number of thioether (sulfide) groups is 1. The Labute approximate surface area is 91.5 Å². The van der Waals surface area contributed by atoms with Crippen molar-refractivity contribution in [1.29, 1.82) is 0 Å². The third-order valence-corrected chi connectivity index (χ3v) is 4.57. The highest BCUT2D eigenvalue weighted by Crippen LogP contribution is 2.34. The van der Waals surface area contributed by atoms with Gasteiger partial charge in [-0.15, -0.1) is 12.6 Å². The topological polar surface area (TPSA) is 17.1 Å². The van der Waals surface area contributed by atoms with E-state index in [4.69, 9.17) is 0 Å². The highest BCUT2D eigenvalue weighted by Gasteiger charge is 2.27. The first kappa shape index (κ1) is 13.4. The van der Waals surface area contributed by atoms with Gasteiger partial charge in [-0.25, -0.2) is 0 Å². The van der Waals surface area contributed by atoms with E-state index in [1.807, 2.05) is 11.8 Å². The number of hydrogen-bond donors (Lipinski definition) is 1. The molecular formula is C10H20OS2. The summed E-state index contributed by atoms with van der Waals surface area (Å²) in [5.74, 6) is 0.126. The van der Waals surface area contributed by atoms with Crippen molar-refractivity contribution in [3.63, 3.8) is 0 Å². The van der Waals surface area contributed by atoms with E-state index in [2.05, 4.69) is 39.7 Å². The summed E-state index contributed by atoms with van der Waals surface area (Å²) in [6, 6.07) is 0. The molecule has 0 aromatic heterocycles. The van der Waals surface area contributed by atoms with Crippen LogP contribution in [0.5, 0.6) is 0 Å². The molecule has 0 spiro atoms. The van der Waals surface area contributed by atoms with Crippen LogP contribution in [0, 0.1) is 5.92 Å². The van der Waals surface area contributed by atoms with Gasteiger partial charge in [0.15, 0.2) is 5.12 Å². The van der Waals surface area contributed by atoms with Crippen LogP contribution < -0.4 is 0 Å². The Bertz CT molecular complexity index is 164. The van der Waals surface area contributed by atoms with Crippen molar-refractivity contribution >= 4 is 29.5 Å². The van der Waals surface area contributed by atoms with E-state index >= 15 is 0 Å². The summed E-state index contributed by atoms with van der Waals surface area (Å²) in [7, 11) is 0. The fraction of sp³-hybridized carbons (Fsp3) is 0.900. The van der Waals surface area contributed by atoms with E-state index in [1.165, 1.54) is 0 Å². The van der Waals surface area contributed by atoms with E-state index in [1.54, 1.807) is 0 Å². The van der Waals surface area contributed by atoms with Gasteiger partial charge in [0.1, 0.15) is 0 Å². The van der Waals surface area contributed by atoms with Crippen LogP contribution in [-0.4, -0.2) is 16.1 Å². The number of carbonyl (C=O) groups excluding carboxylic acids is 1. The molecule has 3 heteroatoms. The first-order valence-corrected chi connectivity index (χ1v) is 6.44. The van der Waals surface area contributed by atoms with Gasteiger partial charge >= 0.3 is 0 Å². The normalized spacial score (nSPS) is 17.9. The smallest absolute Gasteiger partial charge is 0.189 e. The highest BCUT2D eigenvalue weighted by atomic mass is 32.2. The van der Waals surface area contributed by atoms with Gasteiger partial charge in [-0.3, -0.25) is 4.79 Å². The summed E-state index contributed by atoms with van der Waals surface area (Å²) in [4.78, 5) is 11.1. The molecule has 0 saturated heterocycles. The minimum Gasteiger partial charge on any atom is -0.287 e. The lowest BCUT2D eigenvalue weighted by molar-refractivity contribution is -0.114. The Morgan fingerprint density at radius 3 is 2.31 bits per heavy atom. The fourth-order valence-corrected chi connectivity index (χ4v) is 2.23. The molecule has 0 heterocycles. The molecule has 0 N–H and O–H groups in total.